The molecule has 0 saturated carbocycles. The Morgan fingerprint density at radius 2 is 1.63 bits per heavy atom. The van der Waals surface area contributed by atoms with Gasteiger partial charge in [0.25, 0.3) is 10.0 Å². The van der Waals surface area contributed by atoms with Crippen molar-refractivity contribution in [2.24, 2.45) is 0 Å². The van der Waals surface area contributed by atoms with Crippen molar-refractivity contribution in [2.75, 3.05) is 35.9 Å². The second kappa shape index (κ2) is 8.41. The molecule has 4 rings (SSSR count). The van der Waals surface area contributed by atoms with Gasteiger partial charge in [0.15, 0.2) is 5.82 Å². The van der Waals surface area contributed by atoms with Gasteiger partial charge in [-0.2, -0.15) is 0 Å². The average molecular weight is 425 g/mol. The topological polar surface area (TPSA) is 84.4 Å². The van der Waals surface area contributed by atoms with E-state index in [4.69, 9.17) is 4.74 Å². The number of rotatable bonds is 5. The smallest absolute Gasteiger partial charge is 0.261 e. The van der Waals surface area contributed by atoms with Gasteiger partial charge < -0.3 is 9.64 Å². The van der Waals surface area contributed by atoms with Crippen LogP contribution in [-0.2, 0) is 14.8 Å². The number of sulfonamides is 1. The lowest BCUT2D eigenvalue weighted by Gasteiger charge is -2.27. The predicted octanol–water partition coefficient (Wildman–Crippen LogP) is 3.40. The number of ether oxygens (including phenoxy) is 1. The first-order chi connectivity index (χ1) is 14.4. The van der Waals surface area contributed by atoms with Crippen molar-refractivity contribution >= 4 is 21.5 Å². The highest BCUT2D eigenvalue weighted by Gasteiger charge is 2.16. The van der Waals surface area contributed by atoms with Crippen LogP contribution in [0.3, 0.4) is 0 Å². The minimum absolute atomic E-state index is 0.249. The molecule has 1 fully saturated rings. The van der Waals surface area contributed by atoms with Gasteiger partial charge in [-0.3, -0.25) is 4.72 Å². The van der Waals surface area contributed by atoms with E-state index in [1.807, 2.05) is 44.2 Å². The fraction of sp³-hybridized carbons (Fsp3) is 0.273. The number of anilines is 2. The van der Waals surface area contributed by atoms with Crippen molar-refractivity contribution in [3.05, 3.63) is 65.7 Å². The third kappa shape index (κ3) is 4.44. The van der Waals surface area contributed by atoms with Gasteiger partial charge in [-0.25, -0.2) is 8.42 Å². The Morgan fingerprint density at radius 1 is 0.900 bits per heavy atom. The summed E-state index contributed by atoms with van der Waals surface area (Å²) in [5.74, 6) is 0.833. The molecule has 30 heavy (non-hydrogen) atoms. The Hall–Kier alpha value is -2.97. The van der Waals surface area contributed by atoms with E-state index < -0.39 is 10.0 Å². The minimum atomic E-state index is -3.64. The molecule has 1 saturated heterocycles. The third-order valence-electron chi connectivity index (χ3n) is 5.21. The Kier molecular flexibility index (Phi) is 5.69. The van der Waals surface area contributed by atoms with E-state index in [1.165, 1.54) is 0 Å². The fourth-order valence-corrected chi connectivity index (χ4v) is 4.39. The van der Waals surface area contributed by atoms with E-state index in [9.17, 15) is 8.42 Å². The standard InChI is InChI=1S/C22H24N4O3S/c1-16-3-8-20(15-17(16)2)30(27,28)25-19-6-4-18(5-7-19)21-9-10-22(24-23-21)26-11-13-29-14-12-26/h3-10,15,25H,11-14H2,1-2H3. The maximum absolute atomic E-state index is 12.7. The van der Waals surface area contributed by atoms with Crippen LogP contribution in [0.4, 0.5) is 11.5 Å². The van der Waals surface area contributed by atoms with Crippen LogP contribution < -0.4 is 9.62 Å². The average Bonchev–Trinajstić information content (AvgIpc) is 2.77. The Balaban J connectivity index is 1.48. The van der Waals surface area contributed by atoms with Crippen molar-refractivity contribution in [1.29, 1.82) is 0 Å². The number of aromatic nitrogens is 2. The predicted molar refractivity (Wildman–Crippen MR) is 117 cm³/mol. The highest BCUT2D eigenvalue weighted by molar-refractivity contribution is 7.92. The molecule has 1 aliphatic rings. The van der Waals surface area contributed by atoms with Gasteiger partial charge in [-0.15, -0.1) is 10.2 Å². The molecular weight excluding hydrogens is 400 g/mol. The van der Waals surface area contributed by atoms with Crippen molar-refractivity contribution in [3.63, 3.8) is 0 Å². The highest BCUT2D eigenvalue weighted by Crippen LogP contribution is 2.23. The molecular formula is C22H24N4O3S. The van der Waals surface area contributed by atoms with Crippen LogP contribution in [0.1, 0.15) is 11.1 Å². The maximum atomic E-state index is 12.7. The van der Waals surface area contributed by atoms with Gasteiger partial charge in [0.1, 0.15) is 0 Å². The van der Waals surface area contributed by atoms with Crippen LogP contribution in [0.15, 0.2) is 59.5 Å². The molecule has 1 N–H and O–H groups in total. The zero-order valence-corrected chi connectivity index (χ0v) is 17.8. The van der Waals surface area contributed by atoms with Crippen molar-refractivity contribution in [1.82, 2.24) is 10.2 Å². The largest absolute Gasteiger partial charge is 0.378 e. The van der Waals surface area contributed by atoms with Gasteiger partial charge in [0.05, 0.1) is 23.8 Å². The number of benzene rings is 2. The Morgan fingerprint density at radius 3 is 2.27 bits per heavy atom. The van der Waals surface area contributed by atoms with E-state index in [-0.39, 0.29) is 4.90 Å². The summed E-state index contributed by atoms with van der Waals surface area (Å²) in [6, 6.07) is 16.1. The van der Waals surface area contributed by atoms with E-state index >= 15 is 0 Å². The number of nitrogens with zero attached hydrogens (tertiary/aromatic N) is 3. The van der Waals surface area contributed by atoms with Crippen molar-refractivity contribution in [3.8, 4) is 11.3 Å². The molecule has 8 heteroatoms. The molecule has 0 radical (unpaired) electrons. The molecule has 3 aromatic rings. The van der Waals surface area contributed by atoms with Crippen molar-refractivity contribution < 1.29 is 13.2 Å². The summed E-state index contributed by atoms with van der Waals surface area (Å²) in [4.78, 5) is 2.39. The SMILES string of the molecule is Cc1ccc(S(=O)(=O)Nc2ccc(-c3ccc(N4CCOCC4)nn3)cc2)cc1C. The molecule has 156 valence electrons. The number of hydrogen-bond acceptors (Lipinski definition) is 6. The zero-order valence-electron chi connectivity index (χ0n) is 17.0. The maximum Gasteiger partial charge on any atom is 0.261 e. The van der Waals surface area contributed by atoms with Crippen LogP contribution >= 0.6 is 0 Å². The van der Waals surface area contributed by atoms with Crippen LogP contribution in [0.5, 0.6) is 0 Å². The molecule has 1 aromatic heterocycles. The lowest BCUT2D eigenvalue weighted by atomic mass is 10.1. The van der Waals surface area contributed by atoms with E-state index in [2.05, 4.69) is 19.8 Å². The van der Waals surface area contributed by atoms with Gasteiger partial charge in [-0.1, -0.05) is 18.2 Å². The number of morpholine rings is 1. The second-order valence-corrected chi connectivity index (χ2v) is 8.99. The first-order valence-corrected chi connectivity index (χ1v) is 11.3. The molecule has 0 aliphatic carbocycles. The lowest BCUT2D eigenvalue weighted by molar-refractivity contribution is 0.122. The Labute approximate surface area is 176 Å². The second-order valence-electron chi connectivity index (χ2n) is 7.31. The van der Waals surface area contributed by atoms with Gasteiger partial charge in [0.2, 0.25) is 0 Å². The summed E-state index contributed by atoms with van der Waals surface area (Å²) >= 11 is 0. The summed E-state index contributed by atoms with van der Waals surface area (Å²) < 4.78 is 33.3. The summed E-state index contributed by atoms with van der Waals surface area (Å²) in [6.45, 7) is 6.86. The van der Waals surface area contributed by atoms with E-state index in [0.717, 1.165) is 41.3 Å². The molecule has 2 aromatic carbocycles. The molecule has 0 unspecified atom stereocenters. The summed E-state index contributed by atoms with van der Waals surface area (Å²) in [7, 11) is -3.64. The number of nitrogens with one attached hydrogen (secondary N) is 1. The quantitative estimate of drug-likeness (QED) is 0.676. The van der Waals surface area contributed by atoms with Gasteiger partial charge >= 0.3 is 0 Å². The number of hydrogen-bond donors (Lipinski definition) is 1. The monoisotopic (exact) mass is 424 g/mol. The third-order valence-corrected chi connectivity index (χ3v) is 6.59. The van der Waals surface area contributed by atoms with Crippen molar-refractivity contribution in [2.45, 2.75) is 18.7 Å². The minimum Gasteiger partial charge on any atom is -0.378 e. The van der Waals surface area contributed by atoms with Gasteiger partial charge in [-0.05, 0) is 61.4 Å². The zero-order chi connectivity index (χ0) is 21.1. The van der Waals surface area contributed by atoms with Crippen LogP contribution in [-0.4, -0.2) is 44.9 Å². The summed E-state index contributed by atoms with van der Waals surface area (Å²) in [5.41, 5.74) is 4.09. The van der Waals surface area contributed by atoms with E-state index in [1.54, 1.807) is 24.3 Å². The molecule has 2 heterocycles. The van der Waals surface area contributed by atoms with Crippen LogP contribution in [0.2, 0.25) is 0 Å². The molecule has 1 aliphatic heterocycles. The molecule has 0 spiro atoms. The molecule has 0 bridgehead atoms. The van der Waals surface area contributed by atoms with Crippen LogP contribution in [0, 0.1) is 13.8 Å². The first kappa shape index (κ1) is 20.3. The summed E-state index contributed by atoms with van der Waals surface area (Å²) in [5, 5.41) is 8.65. The lowest BCUT2D eigenvalue weighted by Crippen LogP contribution is -2.36. The fourth-order valence-electron chi connectivity index (χ4n) is 3.24. The molecule has 0 atom stereocenters. The number of aryl methyl sites for hydroxylation is 2. The molecule has 7 nitrogen and oxygen atoms in total. The van der Waals surface area contributed by atoms with E-state index in [0.29, 0.717) is 18.9 Å². The van der Waals surface area contributed by atoms with Crippen LogP contribution in [0.25, 0.3) is 11.3 Å². The Bertz CT molecular complexity index is 1120. The highest BCUT2D eigenvalue weighted by atomic mass is 32.2. The first-order valence-electron chi connectivity index (χ1n) is 9.79. The molecule has 0 amide bonds. The normalized spacial score (nSPS) is 14.5. The summed E-state index contributed by atoms with van der Waals surface area (Å²) in [6.07, 6.45) is 0. The van der Waals surface area contributed by atoms with Gasteiger partial charge in [0, 0.05) is 24.3 Å².